The summed E-state index contributed by atoms with van der Waals surface area (Å²) >= 11 is 3.69. The lowest BCUT2D eigenvalue weighted by atomic mass is 10.1. The van der Waals surface area contributed by atoms with E-state index in [1.54, 1.807) is 0 Å². The molecule has 2 aliphatic rings. The molecule has 1 saturated heterocycles. The molecule has 2 heteroatoms. The van der Waals surface area contributed by atoms with E-state index in [1.165, 1.54) is 69.8 Å². The van der Waals surface area contributed by atoms with E-state index in [9.17, 15) is 0 Å². The number of rotatable bonds is 3. The van der Waals surface area contributed by atoms with Crippen molar-refractivity contribution in [3.63, 3.8) is 0 Å². The zero-order chi connectivity index (χ0) is 10.5. The Hall–Kier alpha value is 0.440. The van der Waals surface area contributed by atoms with E-state index < -0.39 is 0 Å². The Labute approximate surface area is 103 Å². The van der Waals surface area contributed by atoms with Crippen LogP contribution >= 0.6 is 15.9 Å². The van der Waals surface area contributed by atoms with Gasteiger partial charge in [-0.3, -0.25) is 4.90 Å². The van der Waals surface area contributed by atoms with Crippen LogP contribution in [0, 0.1) is 5.92 Å². The van der Waals surface area contributed by atoms with Crippen molar-refractivity contribution in [3.05, 3.63) is 0 Å². The highest BCUT2D eigenvalue weighted by Crippen LogP contribution is 2.28. The highest BCUT2D eigenvalue weighted by molar-refractivity contribution is 9.09. The molecule has 2 rings (SSSR count). The van der Waals surface area contributed by atoms with Crippen LogP contribution < -0.4 is 0 Å². The van der Waals surface area contributed by atoms with Crippen LogP contribution in [0.5, 0.6) is 0 Å². The third-order valence-electron chi connectivity index (χ3n) is 4.14. The molecule has 1 saturated carbocycles. The van der Waals surface area contributed by atoms with Gasteiger partial charge >= 0.3 is 0 Å². The minimum atomic E-state index is 0.827. The fourth-order valence-corrected chi connectivity index (χ4v) is 3.91. The number of nitrogens with zero attached hydrogens (tertiary/aromatic N) is 1. The van der Waals surface area contributed by atoms with Crippen LogP contribution in [0.1, 0.15) is 51.4 Å². The van der Waals surface area contributed by atoms with E-state index in [0.29, 0.717) is 0 Å². The Morgan fingerprint density at radius 2 is 1.67 bits per heavy atom. The van der Waals surface area contributed by atoms with Crippen molar-refractivity contribution in [2.24, 2.45) is 5.92 Å². The van der Waals surface area contributed by atoms with Gasteiger partial charge in [0.25, 0.3) is 0 Å². The molecule has 1 atom stereocenters. The number of alkyl halides is 1. The van der Waals surface area contributed by atoms with Crippen LogP contribution in [0.25, 0.3) is 0 Å². The summed E-state index contributed by atoms with van der Waals surface area (Å²) in [5.74, 6) is 1.02. The molecule has 0 aromatic heterocycles. The molecule has 1 heterocycles. The highest BCUT2D eigenvalue weighted by Gasteiger charge is 2.24. The predicted molar refractivity (Wildman–Crippen MR) is 69.6 cm³/mol. The summed E-state index contributed by atoms with van der Waals surface area (Å²) in [5.41, 5.74) is 0. The van der Waals surface area contributed by atoms with Crippen LogP contribution in [0.2, 0.25) is 0 Å². The topological polar surface area (TPSA) is 3.24 Å². The van der Waals surface area contributed by atoms with Crippen molar-refractivity contribution in [2.75, 3.05) is 18.4 Å². The summed E-state index contributed by atoms with van der Waals surface area (Å²) in [6, 6.07) is 0.827. The minimum absolute atomic E-state index is 0.827. The lowest BCUT2D eigenvalue weighted by molar-refractivity contribution is 0.185. The first kappa shape index (κ1) is 11.9. The Morgan fingerprint density at radius 3 is 2.40 bits per heavy atom. The number of hydrogen-bond donors (Lipinski definition) is 0. The second kappa shape index (κ2) is 6.24. The zero-order valence-electron chi connectivity index (χ0n) is 9.76. The Morgan fingerprint density at radius 1 is 0.933 bits per heavy atom. The van der Waals surface area contributed by atoms with Crippen LogP contribution in [-0.4, -0.2) is 29.4 Å². The van der Waals surface area contributed by atoms with E-state index in [1.807, 2.05) is 0 Å². The average molecular weight is 274 g/mol. The van der Waals surface area contributed by atoms with E-state index >= 15 is 0 Å². The maximum absolute atomic E-state index is 3.69. The summed E-state index contributed by atoms with van der Waals surface area (Å²) in [4.78, 5) is 2.78. The standard InChI is InChI=1S/C13H24BrN/c14-10-13-8-2-1-5-9-15(13)11-12-6-3-4-7-12/h12-13H,1-11H2. The molecular weight excluding hydrogens is 250 g/mol. The van der Waals surface area contributed by atoms with Crippen molar-refractivity contribution in [1.29, 1.82) is 0 Å². The molecule has 1 nitrogen and oxygen atoms in total. The fraction of sp³-hybridized carbons (Fsp3) is 1.00. The van der Waals surface area contributed by atoms with Crippen LogP contribution in [0.4, 0.5) is 0 Å². The van der Waals surface area contributed by atoms with Crippen LogP contribution in [0.15, 0.2) is 0 Å². The molecule has 0 aromatic carbocycles. The second-order valence-electron chi connectivity index (χ2n) is 5.30. The molecule has 1 aliphatic heterocycles. The van der Waals surface area contributed by atoms with E-state index in [-0.39, 0.29) is 0 Å². The Bertz CT molecular complexity index is 177. The molecule has 0 N–H and O–H groups in total. The van der Waals surface area contributed by atoms with Gasteiger partial charge in [0.05, 0.1) is 0 Å². The summed E-state index contributed by atoms with van der Waals surface area (Å²) < 4.78 is 0. The summed E-state index contributed by atoms with van der Waals surface area (Å²) in [5, 5.41) is 1.18. The average Bonchev–Trinajstić information content (AvgIpc) is 2.64. The summed E-state index contributed by atoms with van der Waals surface area (Å²) in [6.07, 6.45) is 11.7. The van der Waals surface area contributed by atoms with Gasteiger partial charge in [0.2, 0.25) is 0 Å². The number of likely N-dealkylation sites (tertiary alicyclic amines) is 1. The molecule has 0 aromatic rings. The van der Waals surface area contributed by atoms with E-state index in [0.717, 1.165) is 12.0 Å². The smallest absolute Gasteiger partial charge is 0.0192 e. The Balaban J connectivity index is 1.85. The molecule has 0 radical (unpaired) electrons. The molecule has 1 aliphatic carbocycles. The van der Waals surface area contributed by atoms with Crippen molar-refractivity contribution in [2.45, 2.75) is 57.4 Å². The Kier molecular flexibility index (Phi) is 4.96. The van der Waals surface area contributed by atoms with Gasteiger partial charge in [-0.1, -0.05) is 41.6 Å². The van der Waals surface area contributed by atoms with Gasteiger partial charge in [0.1, 0.15) is 0 Å². The lowest BCUT2D eigenvalue weighted by Crippen LogP contribution is -2.39. The van der Waals surface area contributed by atoms with Gasteiger partial charge in [-0.15, -0.1) is 0 Å². The molecule has 0 spiro atoms. The minimum Gasteiger partial charge on any atom is -0.299 e. The number of hydrogen-bond acceptors (Lipinski definition) is 1. The summed E-state index contributed by atoms with van der Waals surface area (Å²) in [6.45, 7) is 2.74. The van der Waals surface area contributed by atoms with Gasteiger partial charge < -0.3 is 0 Å². The maximum atomic E-state index is 3.69. The molecule has 0 amide bonds. The summed E-state index contributed by atoms with van der Waals surface area (Å²) in [7, 11) is 0. The normalized spacial score (nSPS) is 30.6. The van der Waals surface area contributed by atoms with Crippen LogP contribution in [-0.2, 0) is 0 Å². The van der Waals surface area contributed by atoms with Gasteiger partial charge in [0.15, 0.2) is 0 Å². The first-order chi connectivity index (χ1) is 7.40. The zero-order valence-corrected chi connectivity index (χ0v) is 11.3. The maximum Gasteiger partial charge on any atom is 0.0192 e. The van der Waals surface area contributed by atoms with Crippen molar-refractivity contribution >= 4 is 15.9 Å². The third kappa shape index (κ3) is 3.45. The quantitative estimate of drug-likeness (QED) is 0.707. The molecular formula is C13H24BrN. The fourth-order valence-electron chi connectivity index (χ4n) is 3.18. The molecule has 0 bridgehead atoms. The van der Waals surface area contributed by atoms with Crippen molar-refractivity contribution in [3.8, 4) is 0 Å². The van der Waals surface area contributed by atoms with Crippen LogP contribution in [0.3, 0.4) is 0 Å². The van der Waals surface area contributed by atoms with Gasteiger partial charge in [-0.2, -0.15) is 0 Å². The highest BCUT2D eigenvalue weighted by atomic mass is 79.9. The monoisotopic (exact) mass is 273 g/mol. The van der Waals surface area contributed by atoms with Gasteiger partial charge in [-0.05, 0) is 38.1 Å². The number of halogens is 1. The van der Waals surface area contributed by atoms with Crippen molar-refractivity contribution < 1.29 is 0 Å². The predicted octanol–water partition coefficient (Wildman–Crippen LogP) is 3.82. The van der Waals surface area contributed by atoms with Gasteiger partial charge in [-0.25, -0.2) is 0 Å². The molecule has 15 heavy (non-hydrogen) atoms. The largest absolute Gasteiger partial charge is 0.299 e. The first-order valence-electron chi connectivity index (χ1n) is 6.70. The van der Waals surface area contributed by atoms with E-state index in [4.69, 9.17) is 0 Å². The first-order valence-corrected chi connectivity index (χ1v) is 7.82. The second-order valence-corrected chi connectivity index (χ2v) is 5.95. The molecule has 2 fully saturated rings. The molecule has 88 valence electrons. The third-order valence-corrected chi connectivity index (χ3v) is 4.89. The molecule has 1 unspecified atom stereocenters. The SMILES string of the molecule is BrCC1CCCCCN1CC1CCCC1. The van der Waals surface area contributed by atoms with E-state index in [2.05, 4.69) is 20.8 Å². The van der Waals surface area contributed by atoms with Gasteiger partial charge in [0, 0.05) is 17.9 Å². The lowest BCUT2D eigenvalue weighted by Gasteiger charge is -2.30. The van der Waals surface area contributed by atoms with Crippen molar-refractivity contribution in [1.82, 2.24) is 4.90 Å².